The Morgan fingerprint density at radius 1 is 1.12 bits per heavy atom. The monoisotopic (exact) mass is 356 g/mol. The normalized spacial score (nSPS) is 10.7. The van der Waals surface area contributed by atoms with Gasteiger partial charge in [0.15, 0.2) is 11.5 Å². The second kappa shape index (κ2) is 7.53. The van der Waals surface area contributed by atoms with Crippen molar-refractivity contribution in [3.63, 3.8) is 0 Å². The Hall–Kier alpha value is -2.60. The fourth-order valence-electron chi connectivity index (χ4n) is 2.59. The average molecular weight is 356 g/mol. The van der Waals surface area contributed by atoms with E-state index in [4.69, 9.17) is 9.47 Å². The number of methoxy groups -OCH3 is 2. The van der Waals surface area contributed by atoms with Crippen LogP contribution in [-0.4, -0.2) is 32.2 Å². The number of carbonyl (C=O) groups is 1. The van der Waals surface area contributed by atoms with Gasteiger partial charge in [-0.05, 0) is 24.3 Å². The molecule has 0 N–H and O–H groups in total. The van der Waals surface area contributed by atoms with E-state index >= 15 is 0 Å². The minimum absolute atomic E-state index is 0.0338. The summed E-state index contributed by atoms with van der Waals surface area (Å²) >= 11 is 1.64. The number of fused-ring (bicyclic) bond motifs is 1. The standard InChI is InChI=1S/C19H20N2O3S/c1-21(13-8-9-15(23-2)16(12-13)24-3)19(22)11-10-18-20-14-6-4-5-7-17(14)25-18/h4-9,12H,10-11H2,1-3H3. The van der Waals surface area contributed by atoms with E-state index in [1.807, 2.05) is 30.3 Å². The van der Waals surface area contributed by atoms with Crippen LogP contribution in [0.5, 0.6) is 11.5 Å². The van der Waals surface area contributed by atoms with E-state index in [2.05, 4.69) is 4.98 Å². The van der Waals surface area contributed by atoms with Gasteiger partial charge in [-0.3, -0.25) is 4.79 Å². The van der Waals surface area contributed by atoms with E-state index in [1.165, 1.54) is 0 Å². The highest BCUT2D eigenvalue weighted by Gasteiger charge is 2.15. The summed E-state index contributed by atoms with van der Waals surface area (Å²) in [6.07, 6.45) is 1.04. The third kappa shape index (κ3) is 3.74. The largest absolute Gasteiger partial charge is 0.493 e. The zero-order chi connectivity index (χ0) is 17.8. The number of anilines is 1. The van der Waals surface area contributed by atoms with Crippen molar-refractivity contribution in [3.8, 4) is 11.5 Å². The van der Waals surface area contributed by atoms with E-state index in [0.29, 0.717) is 24.3 Å². The van der Waals surface area contributed by atoms with Crippen LogP contribution in [0.2, 0.25) is 0 Å². The van der Waals surface area contributed by atoms with Crippen LogP contribution in [0.25, 0.3) is 10.2 Å². The van der Waals surface area contributed by atoms with Crippen molar-refractivity contribution < 1.29 is 14.3 Å². The van der Waals surface area contributed by atoms with Gasteiger partial charge >= 0.3 is 0 Å². The van der Waals surface area contributed by atoms with Crippen LogP contribution in [-0.2, 0) is 11.2 Å². The van der Waals surface area contributed by atoms with Crippen LogP contribution in [0.15, 0.2) is 42.5 Å². The van der Waals surface area contributed by atoms with Crippen molar-refractivity contribution >= 4 is 33.1 Å². The molecule has 6 heteroatoms. The lowest BCUT2D eigenvalue weighted by atomic mass is 10.2. The zero-order valence-electron chi connectivity index (χ0n) is 14.5. The molecule has 0 bridgehead atoms. The number of amides is 1. The van der Waals surface area contributed by atoms with Gasteiger partial charge in [-0.2, -0.15) is 0 Å². The average Bonchev–Trinajstić information content (AvgIpc) is 3.07. The molecule has 0 radical (unpaired) electrons. The molecule has 0 saturated heterocycles. The van der Waals surface area contributed by atoms with Crippen molar-refractivity contribution in [2.75, 3.05) is 26.2 Å². The molecule has 5 nitrogen and oxygen atoms in total. The van der Waals surface area contributed by atoms with Crippen molar-refractivity contribution in [1.82, 2.24) is 4.98 Å². The number of benzene rings is 2. The van der Waals surface area contributed by atoms with Crippen molar-refractivity contribution in [2.45, 2.75) is 12.8 Å². The Morgan fingerprint density at radius 3 is 2.60 bits per heavy atom. The smallest absolute Gasteiger partial charge is 0.227 e. The van der Waals surface area contributed by atoms with Crippen LogP contribution in [0, 0.1) is 0 Å². The fraction of sp³-hybridized carbons (Fsp3) is 0.263. The number of para-hydroxylation sites is 1. The second-order valence-electron chi connectivity index (χ2n) is 5.57. The molecular weight excluding hydrogens is 336 g/mol. The summed E-state index contributed by atoms with van der Waals surface area (Å²) in [4.78, 5) is 18.7. The first-order chi connectivity index (χ1) is 12.1. The first-order valence-electron chi connectivity index (χ1n) is 7.95. The third-order valence-electron chi connectivity index (χ3n) is 4.02. The minimum Gasteiger partial charge on any atom is -0.493 e. The molecule has 1 heterocycles. The molecule has 0 aliphatic rings. The molecule has 0 fully saturated rings. The maximum atomic E-state index is 12.5. The summed E-state index contributed by atoms with van der Waals surface area (Å²) in [6, 6.07) is 13.5. The molecule has 1 aromatic heterocycles. The Bertz CT molecular complexity index is 858. The molecule has 0 saturated carbocycles. The summed E-state index contributed by atoms with van der Waals surface area (Å²) in [7, 11) is 4.93. The molecule has 0 unspecified atom stereocenters. The minimum atomic E-state index is 0.0338. The Kier molecular flexibility index (Phi) is 5.19. The summed E-state index contributed by atoms with van der Waals surface area (Å²) in [5.74, 6) is 1.28. The molecule has 3 aromatic rings. The molecule has 0 aliphatic carbocycles. The first-order valence-corrected chi connectivity index (χ1v) is 8.77. The third-order valence-corrected chi connectivity index (χ3v) is 5.12. The summed E-state index contributed by atoms with van der Waals surface area (Å²) in [6.45, 7) is 0. The number of aromatic nitrogens is 1. The van der Waals surface area contributed by atoms with Crippen molar-refractivity contribution in [2.24, 2.45) is 0 Å². The highest BCUT2D eigenvalue weighted by Crippen LogP contribution is 2.31. The molecule has 1 amide bonds. The predicted molar refractivity (Wildman–Crippen MR) is 101 cm³/mol. The van der Waals surface area contributed by atoms with E-state index in [0.717, 1.165) is 20.9 Å². The van der Waals surface area contributed by atoms with Gasteiger partial charge in [-0.15, -0.1) is 11.3 Å². The Balaban J connectivity index is 1.68. The van der Waals surface area contributed by atoms with Gasteiger partial charge in [0, 0.05) is 31.6 Å². The van der Waals surface area contributed by atoms with Crippen molar-refractivity contribution in [1.29, 1.82) is 0 Å². The lowest BCUT2D eigenvalue weighted by Crippen LogP contribution is -2.26. The van der Waals surface area contributed by atoms with Gasteiger partial charge in [-0.25, -0.2) is 4.98 Å². The molecule has 2 aromatic carbocycles. The first kappa shape index (κ1) is 17.2. The van der Waals surface area contributed by atoms with Gasteiger partial charge in [0.05, 0.1) is 29.4 Å². The number of nitrogens with zero attached hydrogens (tertiary/aromatic N) is 2. The number of aryl methyl sites for hydroxylation is 1. The van der Waals surface area contributed by atoms with Gasteiger partial charge in [0.2, 0.25) is 5.91 Å². The van der Waals surface area contributed by atoms with Gasteiger partial charge in [0.25, 0.3) is 0 Å². The molecule has 25 heavy (non-hydrogen) atoms. The van der Waals surface area contributed by atoms with E-state index in [9.17, 15) is 4.79 Å². The lowest BCUT2D eigenvalue weighted by Gasteiger charge is -2.18. The quantitative estimate of drug-likeness (QED) is 0.672. The molecule has 130 valence electrons. The number of rotatable bonds is 6. The van der Waals surface area contributed by atoms with Gasteiger partial charge < -0.3 is 14.4 Å². The van der Waals surface area contributed by atoms with Crippen LogP contribution < -0.4 is 14.4 Å². The summed E-state index contributed by atoms with van der Waals surface area (Å²) < 4.78 is 11.7. The van der Waals surface area contributed by atoms with Crippen LogP contribution in [0.4, 0.5) is 5.69 Å². The molecule has 3 rings (SSSR count). The van der Waals surface area contributed by atoms with Crippen LogP contribution in [0.3, 0.4) is 0 Å². The van der Waals surface area contributed by atoms with E-state index in [-0.39, 0.29) is 5.91 Å². The van der Waals surface area contributed by atoms with E-state index < -0.39 is 0 Å². The number of carbonyl (C=O) groups excluding carboxylic acids is 1. The SMILES string of the molecule is COc1ccc(N(C)C(=O)CCc2nc3ccccc3s2)cc1OC. The highest BCUT2D eigenvalue weighted by atomic mass is 32.1. The topological polar surface area (TPSA) is 51.7 Å². The van der Waals surface area contributed by atoms with Crippen LogP contribution in [0.1, 0.15) is 11.4 Å². The lowest BCUT2D eigenvalue weighted by molar-refractivity contribution is -0.118. The predicted octanol–water partition coefficient (Wildman–Crippen LogP) is 3.91. The number of ether oxygens (including phenoxy) is 2. The number of thiazole rings is 1. The molecule has 0 aliphatic heterocycles. The van der Waals surface area contributed by atoms with Gasteiger partial charge in [-0.1, -0.05) is 12.1 Å². The number of hydrogen-bond acceptors (Lipinski definition) is 5. The Labute approximate surface area is 150 Å². The molecular formula is C19H20N2O3S. The Morgan fingerprint density at radius 2 is 1.88 bits per heavy atom. The molecule has 0 atom stereocenters. The maximum absolute atomic E-state index is 12.5. The zero-order valence-corrected chi connectivity index (χ0v) is 15.3. The summed E-state index contributed by atoms with van der Waals surface area (Å²) in [5.41, 5.74) is 1.76. The fourth-order valence-corrected chi connectivity index (χ4v) is 3.55. The van der Waals surface area contributed by atoms with Crippen molar-refractivity contribution in [3.05, 3.63) is 47.5 Å². The maximum Gasteiger partial charge on any atom is 0.227 e. The molecule has 0 spiro atoms. The second-order valence-corrected chi connectivity index (χ2v) is 6.68. The van der Waals surface area contributed by atoms with Crippen LogP contribution >= 0.6 is 11.3 Å². The van der Waals surface area contributed by atoms with Gasteiger partial charge in [0.1, 0.15) is 0 Å². The number of hydrogen-bond donors (Lipinski definition) is 0. The summed E-state index contributed by atoms with van der Waals surface area (Å²) in [5, 5.41) is 0.982. The van der Waals surface area contributed by atoms with E-state index in [1.54, 1.807) is 49.6 Å². The highest BCUT2D eigenvalue weighted by molar-refractivity contribution is 7.18.